The Balaban J connectivity index is 0. The molecule has 0 aromatic heterocycles. The SMILES string of the molecule is C.N#CO. The van der Waals surface area contributed by atoms with Crippen LogP contribution in [0.25, 0.3) is 0 Å². The van der Waals surface area contributed by atoms with Gasteiger partial charge < -0.3 is 5.11 Å². The summed E-state index contributed by atoms with van der Waals surface area (Å²) in [5.74, 6) is 0. The highest BCUT2D eigenvalue weighted by molar-refractivity contribution is 4.30. The molecule has 24 valence electrons. The second kappa shape index (κ2) is 45.3. The molecule has 0 aliphatic carbocycles. The summed E-state index contributed by atoms with van der Waals surface area (Å²) >= 11 is 0. The molecule has 0 spiro atoms. The Morgan fingerprint density at radius 1 is 1.75 bits per heavy atom. The van der Waals surface area contributed by atoms with E-state index in [1.165, 1.54) is 0 Å². The fourth-order valence-electron chi connectivity index (χ4n) is 0. The van der Waals surface area contributed by atoms with Gasteiger partial charge >= 0.3 is 0 Å². The van der Waals surface area contributed by atoms with Crippen molar-refractivity contribution < 1.29 is 5.11 Å². The zero-order chi connectivity index (χ0) is 2.71. The van der Waals surface area contributed by atoms with Crippen LogP contribution in [0.1, 0.15) is 7.43 Å². The van der Waals surface area contributed by atoms with Gasteiger partial charge in [-0.3, -0.25) is 0 Å². The van der Waals surface area contributed by atoms with Gasteiger partial charge in [0.1, 0.15) is 0 Å². The van der Waals surface area contributed by atoms with Crippen LogP contribution in [0.15, 0.2) is 0 Å². The second-order valence-corrected chi connectivity index (χ2v) is 0.100. The summed E-state index contributed by atoms with van der Waals surface area (Å²) < 4.78 is 0. The molecule has 0 aromatic carbocycles. The lowest BCUT2D eigenvalue weighted by molar-refractivity contribution is 0.503. The Kier molecular flexibility index (Phi) is 117. The van der Waals surface area contributed by atoms with Crippen LogP contribution in [0.4, 0.5) is 0 Å². The summed E-state index contributed by atoms with van der Waals surface area (Å²) in [4.78, 5) is 0. The molecule has 0 unspecified atom stereocenters. The monoisotopic (exact) mass is 59.0 g/mol. The van der Waals surface area contributed by atoms with Crippen LogP contribution in [0.3, 0.4) is 0 Å². The maximum Gasteiger partial charge on any atom is 0.283 e. The fourth-order valence-corrected chi connectivity index (χ4v) is 0. The molecule has 4 heavy (non-hydrogen) atoms. The van der Waals surface area contributed by atoms with Gasteiger partial charge in [0.05, 0.1) is 0 Å². The summed E-state index contributed by atoms with van der Waals surface area (Å²) in [6, 6.07) is 0. The number of hydrogen-bond acceptors (Lipinski definition) is 2. The second-order valence-electron chi connectivity index (χ2n) is 0.100. The highest BCUT2D eigenvalue weighted by atomic mass is 16.2. The molecule has 2 heteroatoms. The zero-order valence-electron chi connectivity index (χ0n) is 1.39. The number of nitriles is 1. The molecule has 0 fully saturated rings. The van der Waals surface area contributed by atoms with E-state index in [9.17, 15) is 0 Å². The first kappa shape index (κ1) is 10.4. The highest BCUT2D eigenvalue weighted by Crippen LogP contribution is 1.06. The van der Waals surface area contributed by atoms with Crippen molar-refractivity contribution in [2.45, 2.75) is 7.43 Å². The van der Waals surface area contributed by atoms with Crippen molar-refractivity contribution in [3.05, 3.63) is 0 Å². The summed E-state index contributed by atoms with van der Waals surface area (Å²) in [7, 11) is 0. The molecule has 0 aliphatic rings. The molecule has 2 nitrogen and oxygen atoms in total. The lowest BCUT2D eigenvalue weighted by atomic mass is 11.6. The van der Waals surface area contributed by atoms with Gasteiger partial charge in [0.2, 0.25) is 0 Å². The zero-order valence-corrected chi connectivity index (χ0v) is 1.39. The first-order chi connectivity index (χ1) is 1.41. The lowest BCUT2D eigenvalue weighted by Crippen LogP contribution is -1.27. The minimum absolute atomic E-state index is 0. The fraction of sp³-hybridized carbons (Fsp3) is 0.500. The Morgan fingerprint density at radius 3 is 1.75 bits per heavy atom. The number of hydrogen-bond donors (Lipinski definition) is 1. The standard InChI is InChI=1S/CHNO.CH4/c2-1-3;/h3H;1H4. The molecule has 0 saturated heterocycles. The van der Waals surface area contributed by atoms with Gasteiger partial charge in [0.25, 0.3) is 6.26 Å². The van der Waals surface area contributed by atoms with Crippen LogP contribution in [0.2, 0.25) is 0 Å². The minimum Gasteiger partial charge on any atom is -0.443 e. The van der Waals surface area contributed by atoms with Gasteiger partial charge in [-0.05, 0) is 0 Å². The van der Waals surface area contributed by atoms with E-state index in [1.807, 2.05) is 0 Å². The van der Waals surface area contributed by atoms with E-state index < -0.39 is 0 Å². The van der Waals surface area contributed by atoms with E-state index in [2.05, 4.69) is 0 Å². The molecule has 0 atom stereocenters. The molecular weight excluding hydrogens is 54.0 g/mol. The molecule has 0 heterocycles. The van der Waals surface area contributed by atoms with Crippen LogP contribution in [0, 0.1) is 11.5 Å². The van der Waals surface area contributed by atoms with E-state index in [0.717, 1.165) is 6.26 Å². The topological polar surface area (TPSA) is 44.0 Å². The Hall–Kier alpha value is -0.710. The first-order valence-electron chi connectivity index (χ1n) is 0.447. The first-order valence-corrected chi connectivity index (χ1v) is 0.447. The third-order valence-electron chi connectivity index (χ3n) is 0. The molecule has 0 bridgehead atoms. The van der Waals surface area contributed by atoms with E-state index in [1.54, 1.807) is 0 Å². The predicted octanol–water partition coefficient (Wildman–Crippen LogP) is 0.476. The Bertz CT molecular complexity index is 27.5. The average Bonchev–Trinajstić information content (AvgIpc) is 0.918. The molecule has 0 rings (SSSR count). The van der Waals surface area contributed by atoms with Gasteiger partial charge in [0.15, 0.2) is 0 Å². The summed E-state index contributed by atoms with van der Waals surface area (Å²) in [6.07, 6.45) is 0.750. The minimum atomic E-state index is 0. The molecule has 0 aromatic rings. The van der Waals surface area contributed by atoms with Gasteiger partial charge in [-0.2, -0.15) is 5.26 Å². The van der Waals surface area contributed by atoms with Crippen molar-refractivity contribution in [2.75, 3.05) is 0 Å². The van der Waals surface area contributed by atoms with Crippen molar-refractivity contribution in [1.29, 1.82) is 5.26 Å². The van der Waals surface area contributed by atoms with Crippen molar-refractivity contribution in [2.24, 2.45) is 0 Å². The maximum absolute atomic E-state index is 6.88. The smallest absolute Gasteiger partial charge is 0.283 e. The predicted molar refractivity (Wildman–Crippen MR) is 14.3 cm³/mol. The summed E-state index contributed by atoms with van der Waals surface area (Å²) in [5.41, 5.74) is 0. The lowest BCUT2D eigenvalue weighted by Gasteiger charge is -1.25. The maximum atomic E-state index is 6.88. The average molecular weight is 59.1 g/mol. The van der Waals surface area contributed by atoms with Gasteiger partial charge in [0, 0.05) is 0 Å². The van der Waals surface area contributed by atoms with Crippen LogP contribution in [-0.4, -0.2) is 5.11 Å². The molecule has 1 N–H and O–H groups in total. The van der Waals surface area contributed by atoms with Crippen LogP contribution in [-0.2, 0) is 0 Å². The van der Waals surface area contributed by atoms with Crippen LogP contribution >= 0.6 is 0 Å². The molecule has 0 radical (unpaired) electrons. The van der Waals surface area contributed by atoms with Gasteiger partial charge in [-0.15, -0.1) is 0 Å². The van der Waals surface area contributed by atoms with Crippen LogP contribution in [0.5, 0.6) is 0 Å². The van der Waals surface area contributed by atoms with E-state index in [0.29, 0.717) is 0 Å². The molecular formula is C2H5NO. The van der Waals surface area contributed by atoms with Crippen molar-refractivity contribution in [3.63, 3.8) is 0 Å². The number of aliphatic hydroxyl groups excluding tert-OH is 1. The van der Waals surface area contributed by atoms with Crippen molar-refractivity contribution >= 4 is 0 Å². The molecule has 0 amide bonds. The van der Waals surface area contributed by atoms with Crippen LogP contribution < -0.4 is 0 Å². The number of aliphatic hydroxyl groups is 1. The van der Waals surface area contributed by atoms with E-state index in [-0.39, 0.29) is 7.43 Å². The normalized spacial score (nSPS) is 1.75. The third-order valence-corrected chi connectivity index (χ3v) is 0. The Labute approximate surface area is 25.3 Å². The highest BCUT2D eigenvalue weighted by Gasteiger charge is 1.16. The number of rotatable bonds is 0. The number of nitrogens with zero attached hydrogens (tertiary/aromatic N) is 1. The van der Waals surface area contributed by atoms with Crippen molar-refractivity contribution in [3.8, 4) is 6.26 Å². The third kappa shape index (κ3) is 0.215. The molecule has 0 saturated carbocycles. The van der Waals surface area contributed by atoms with Gasteiger partial charge in [-0.1, -0.05) is 7.43 Å². The Morgan fingerprint density at radius 2 is 1.75 bits per heavy atom. The molecule has 0 aliphatic heterocycles. The quantitative estimate of drug-likeness (QED) is 0.412. The van der Waals surface area contributed by atoms with E-state index >= 15 is 0 Å². The van der Waals surface area contributed by atoms with Crippen molar-refractivity contribution in [1.82, 2.24) is 0 Å². The summed E-state index contributed by atoms with van der Waals surface area (Å²) in [5, 5.41) is 13.8. The summed E-state index contributed by atoms with van der Waals surface area (Å²) in [6.45, 7) is 0. The largest absolute Gasteiger partial charge is 0.443 e. The van der Waals surface area contributed by atoms with E-state index in [4.69, 9.17) is 10.4 Å². The van der Waals surface area contributed by atoms with Gasteiger partial charge in [-0.25, -0.2) is 0 Å².